The molecule has 0 aliphatic carbocycles. The second-order valence-electron chi connectivity index (χ2n) is 4.90. The van der Waals surface area contributed by atoms with Crippen LogP contribution in [-0.2, 0) is 4.74 Å². The summed E-state index contributed by atoms with van der Waals surface area (Å²) >= 11 is 0. The first kappa shape index (κ1) is 14.0. The van der Waals surface area contributed by atoms with Gasteiger partial charge in [-0.15, -0.1) is 0 Å². The van der Waals surface area contributed by atoms with Crippen molar-refractivity contribution in [1.29, 1.82) is 0 Å². The molecule has 0 fully saturated rings. The maximum absolute atomic E-state index is 11.7. The van der Waals surface area contributed by atoms with E-state index in [1.807, 2.05) is 55.5 Å². The van der Waals surface area contributed by atoms with Crippen molar-refractivity contribution in [2.75, 3.05) is 12.4 Å². The fourth-order valence-electron chi connectivity index (χ4n) is 2.13. The van der Waals surface area contributed by atoms with Gasteiger partial charge in [-0.25, -0.2) is 14.8 Å². The summed E-state index contributed by atoms with van der Waals surface area (Å²) in [4.78, 5) is 20.3. The SMILES string of the molecule is COC(=O)c1nc(Nc2ccc(C)cc2)c2ccccc2n1. The summed E-state index contributed by atoms with van der Waals surface area (Å²) < 4.78 is 4.71. The molecule has 0 aliphatic rings. The first-order valence-corrected chi connectivity index (χ1v) is 6.86. The zero-order valence-electron chi connectivity index (χ0n) is 12.3. The van der Waals surface area contributed by atoms with Gasteiger partial charge in [0.2, 0.25) is 5.82 Å². The largest absolute Gasteiger partial charge is 0.463 e. The van der Waals surface area contributed by atoms with Crippen molar-refractivity contribution in [2.45, 2.75) is 6.92 Å². The predicted octanol–water partition coefficient (Wildman–Crippen LogP) is 3.47. The number of benzene rings is 2. The molecular weight excluding hydrogens is 278 g/mol. The number of anilines is 2. The van der Waals surface area contributed by atoms with E-state index in [0.29, 0.717) is 11.3 Å². The van der Waals surface area contributed by atoms with Gasteiger partial charge in [0.15, 0.2) is 0 Å². The number of nitrogens with zero attached hydrogens (tertiary/aromatic N) is 2. The van der Waals surface area contributed by atoms with Crippen LogP contribution in [0.2, 0.25) is 0 Å². The molecule has 0 bridgehead atoms. The summed E-state index contributed by atoms with van der Waals surface area (Å²) in [5, 5.41) is 4.08. The molecule has 1 aromatic heterocycles. The lowest BCUT2D eigenvalue weighted by atomic mass is 10.2. The molecule has 5 nitrogen and oxygen atoms in total. The second kappa shape index (κ2) is 5.81. The number of hydrogen-bond donors (Lipinski definition) is 1. The van der Waals surface area contributed by atoms with Gasteiger partial charge in [0.05, 0.1) is 12.6 Å². The van der Waals surface area contributed by atoms with E-state index < -0.39 is 5.97 Å². The number of methoxy groups -OCH3 is 1. The number of nitrogens with one attached hydrogen (secondary N) is 1. The highest BCUT2D eigenvalue weighted by Crippen LogP contribution is 2.24. The normalized spacial score (nSPS) is 10.5. The number of esters is 1. The molecule has 2 aromatic carbocycles. The summed E-state index contributed by atoms with van der Waals surface area (Å²) in [5.74, 6) is 0.0587. The maximum atomic E-state index is 11.7. The summed E-state index contributed by atoms with van der Waals surface area (Å²) in [6, 6.07) is 15.5. The second-order valence-corrected chi connectivity index (χ2v) is 4.90. The van der Waals surface area contributed by atoms with Crippen LogP contribution < -0.4 is 5.32 Å². The third kappa shape index (κ3) is 2.74. The molecule has 0 saturated carbocycles. The quantitative estimate of drug-likeness (QED) is 0.749. The van der Waals surface area contributed by atoms with Gasteiger partial charge in [-0.1, -0.05) is 29.8 Å². The van der Waals surface area contributed by atoms with E-state index in [4.69, 9.17) is 4.74 Å². The minimum Gasteiger partial charge on any atom is -0.463 e. The number of ether oxygens (including phenoxy) is 1. The van der Waals surface area contributed by atoms with Gasteiger partial charge in [0.25, 0.3) is 0 Å². The molecule has 0 atom stereocenters. The summed E-state index contributed by atoms with van der Waals surface area (Å²) in [6.07, 6.45) is 0. The fraction of sp³-hybridized carbons (Fsp3) is 0.118. The number of para-hydroxylation sites is 1. The molecule has 3 rings (SSSR count). The Labute approximate surface area is 128 Å². The average molecular weight is 293 g/mol. The molecule has 0 unspecified atom stereocenters. The highest BCUT2D eigenvalue weighted by molar-refractivity contribution is 5.95. The first-order valence-electron chi connectivity index (χ1n) is 6.86. The molecule has 110 valence electrons. The van der Waals surface area contributed by atoms with Crippen molar-refractivity contribution in [3.63, 3.8) is 0 Å². The number of carbonyl (C=O) groups is 1. The number of rotatable bonds is 3. The molecule has 22 heavy (non-hydrogen) atoms. The molecule has 0 saturated heterocycles. The van der Waals surface area contributed by atoms with E-state index in [1.54, 1.807) is 0 Å². The molecule has 1 N–H and O–H groups in total. The van der Waals surface area contributed by atoms with Crippen LogP contribution in [0.1, 0.15) is 16.2 Å². The van der Waals surface area contributed by atoms with E-state index >= 15 is 0 Å². The van der Waals surface area contributed by atoms with E-state index in [-0.39, 0.29) is 5.82 Å². The van der Waals surface area contributed by atoms with Crippen LogP contribution in [0.15, 0.2) is 48.5 Å². The third-order valence-electron chi connectivity index (χ3n) is 3.29. The minimum absolute atomic E-state index is 0.0378. The van der Waals surface area contributed by atoms with E-state index in [9.17, 15) is 4.79 Å². The fourth-order valence-corrected chi connectivity index (χ4v) is 2.13. The number of hydrogen-bond acceptors (Lipinski definition) is 5. The Morgan fingerprint density at radius 1 is 1.05 bits per heavy atom. The topological polar surface area (TPSA) is 64.1 Å². The van der Waals surface area contributed by atoms with Gasteiger partial charge >= 0.3 is 5.97 Å². The molecular formula is C17H15N3O2. The summed E-state index contributed by atoms with van der Waals surface area (Å²) in [7, 11) is 1.31. The smallest absolute Gasteiger partial charge is 0.376 e. The Morgan fingerprint density at radius 3 is 2.50 bits per heavy atom. The van der Waals surface area contributed by atoms with Crippen molar-refractivity contribution in [1.82, 2.24) is 9.97 Å². The Balaban J connectivity index is 2.09. The lowest BCUT2D eigenvalue weighted by Crippen LogP contribution is -2.09. The minimum atomic E-state index is -0.558. The molecule has 0 amide bonds. The highest BCUT2D eigenvalue weighted by atomic mass is 16.5. The first-order chi connectivity index (χ1) is 10.7. The highest BCUT2D eigenvalue weighted by Gasteiger charge is 2.14. The van der Waals surface area contributed by atoms with E-state index in [1.165, 1.54) is 12.7 Å². The van der Waals surface area contributed by atoms with Gasteiger partial charge in [-0.05, 0) is 31.2 Å². The number of carbonyl (C=O) groups excluding carboxylic acids is 1. The molecule has 5 heteroatoms. The molecule has 0 radical (unpaired) electrons. The maximum Gasteiger partial charge on any atom is 0.376 e. The summed E-state index contributed by atoms with van der Waals surface area (Å²) in [5.41, 5.74) is 2.76. The van der Waals surface area contributed by atoms with Crippen LogP contribution in [0, 0.1) is 6.92 Å². The van der Waals surface area contributed by atoms with Crippen LogP contribution in [0.25, 0.3) is 10.9 Å². The van der Waals surface area contributed by atoms with Crippen LogP contribution in [0.3, 0.4) is 0 Å². The van der Waals surface area contributed by atoms with Gasteiger partial charge in [0, 0.05) is 11.1 Å². The predicted molar refractivity (Wildman–Crippen MR) is 85.3 cm³/mol. The number of aryl methyl sites for hydroxylation is 1. The van der Waals surface area contributed by atoms with Crippen molar-refractivity contribution < 1.29 is 9.53 Å². The Bertz CT molecular complexity index is 829. The van der Waals surface area contributed by atoms with Crippen molar-refractivity contribution >= 4 is 28.4 Å². The van der Waals surface area contributed by atoms with Gasteiger partial charge in [-0.3, -0.25) is 0 Å². The zero-order valence-corrected chi connectivity index (χ0v) is 12.3. The Kier molecular flexibility index (Phi) is 3.70. The van der Waals surface area contributed by atoms with Crippen LogP contribution in [0.4, 0.5) is 11.5 Å². The molecule has 3 aromatic rings. The number of aromatic nitrogens is 2. The monoisotopic (exact) mass is 293 g/mol. The van der Waals surface area contributed by atoms with E-state index in [2.05, 4.69) is 15.3 Å². The van der Waals surface area contributed by atoms with Gasteiger partial charge in [0.1, 0.15) is 5.82 Å². The van der Waals surface area contributed by atoms with Gasteiger partial charge < -0.3 is 10.1 Å². The van der Waals surface area contributed by atoms with E-state index in [0.717, 1.165) is 11.1 Å². The Morgan fingerprint density at radius 2 is 1.77 bits per heavy atom. The van der Waals surface area contributed by atoms with Crippen LogP contribution in [-0.4, -0.2) is 23.0 Å². The number of fused-ring (bicyclic) bond motifs is 1. The van der Waals surface area contributed by atoms with Crippen molar-refractivity contribution in [2.24, 2.45) is 0 Å². The lowest BCUT2D eigenvalue weighted by Gasteiger charge is -2.10. The lowest BCUT2D eigenvalue weighted by molar-refractivity contribution is 0.0587. The zero-order chi connectivity index (χ0) is 15.5. The van der Waals surface area contributed by atoms with Crippen molar-refractivity contribution in [3.05, 3.63) is 59.9 Å². The van der Waals surface area contributed by atoms with Crippen LogP contribution >= 0.6 is 0 Å². The van der Waals surface area contributed by atoms with Crippen molar-refractivity contribution in [3.8, 4) is 0 Å². The molecule has 0 aliphatic heterocycles. The Hall–Kier alpha value is -2.95. The van der Waals surface area contributed by atoms with Crippen LogP contribution in [0.5, 0.6) is 0 Å². The summed E-state index contributed by atoms with van der Waals surface area (Å²) in [6.45, 7) is 2.03. The molecule has 0 spiro atoms. The third-order valence-corrected chi connectivity index (χ3v) is 3.29. The molecule has 1 heterocycles. The average Bonchev–Trinajstić information content (AvgIpc) is 2.56. The van der Waals surface area contributed by atoms with Gasteiger partial charge in [-0.2, -0.15) is 0 Å². The standard InChI is InChI=1S/C17H15N3O2/c1-11-7-9-12(10-8-11)18-15-13-5-3-4-6-14(13)19-16(20-15)17(21)22-2/h3-10H,1-2H3,(H,18,19,20).